The monoisotopic (exact) mass is 323 g/mol. The third-order valence-electron chi connectivity index (χ3n) is 3.57. The highest BCUT2D eigenvalue weighted by atomic mass is 35.5. The lowest BCUT2D eigenvalue weighted by molar-refractivity contribution is -0.128. The van der Waals surface area contributed by atoms with Gasteiger partial charge in [-0.15, -0.1) is 0 Å². The van der Waals surface area contributed by atoms with Gasteiger partial charge in [-0.1, -0.05) is 24.4 Å². The summed E-state index contributed by atoms with van der Waals surface area (Å²) >= 11 is 5.73. The molecule has 0 radical (unpaired) electrons. The molecule has 0 atom stereocenters. The maximum atomic E-state index is 11.8. The highest BCUT2D eigenvalue weighted by Gasteiger charge is 2.22. The number of amides is 3. The maximum absolute atomic E-state index is 11.8. The van der Waals surface area contributed by atoms with E-state index in [0.29, 0.717) is 10.6 Å². The van der Waals surface area contributed by atoms with E-state index in [4.69, 9.17) is 11.6 Å². The first kappa shape index (κ1) is 16.3. The predicted molar refractivity (Wildman–Crippen MR) is 82.0 cm³/mol. The van der Waals surface area contributed by atoms with Gasteiger partial charge in [-0.3, -0.25) is 25.2 Å². The van der Waals surface area contributed by atoms with Crippen LogP contribution in [0.4, 0.5) is 0 Å². The average molecular weight is 324 g/mol. The molecule has 0 aliphatic heterocycles. The van der Waals surface area contributed by atoms with E-state index in [-0.39, 0.29) is 18.4 Å². The second-order valence-electron chi connectivity index (χ2n) is 5.21. The normalized spacial score (nSPS) is 14.4. The minimum atomic E-state index is -0.478. The van der Waals surface area contributed by atoms with Crippen molar-refractivity contribution in [2.24, 2.45) is 5.92 Å². The van der Waals surface area contributed by atoms with Gasteiger partial charge in [0.05, 0.1) is 6.54 Å². The third-order valence-corrected chi connectivity index (χ3v) is 3.82. The number of nitrogens with one attached hydrogen (secondary N) is 3. The first-order valence-electron chi connectivity index (χ1n) is 7.19. The lowest BCUT2D eigenvalue weighted by Gasteiger charge is -2.11. The fourth-order valence-corrected chi connectivity index (χ4v) is 2.47. The second kappa shape index (κ2) is 7.79. The first-order chi connectivity index (χ1) is 10.6. The molecule has 1 aliphatic rings. The molecular weight excluding hydrogens is 306 g/mol. The van der Waals surface area contributed by atoms with Crippen LogP contribution in [0.5, 0.6) is 0 Å². The molecule has 0 saturated heterocycles. The van der Waals surface area contributed by atoms with Crippen molar-refractivity contribution < 1.29 is 14.4 Å². The molecule has 0 aromatic heterocycles. The van der Waals surface area contributed by atoms with Crippen LogP contribution in [-0.4, -0.2) is 24.3 Å². The van der Waals surface area contributed by atoms with Crippen molar-refractivity contribution in [3.63, 3.8) is 0 Å². The van der Waals surface area contributed by atoms with Crippen LogP contribution in [0.1, 0.15) is 36.0 Å². The number of hydrogen-bond acceptors (Lipinski definition) is 3. The van der Waals surface area contributed by atoms with Gasteiger partial charge < -0.3 is 5.32 Å². The minimum Gasteiger partial charge on any atom is -0.347 e. The van der Waals surface area contributed by atoms with E-state index >= 15 is 0 Å². The zero-order valence-corrected chi connectivity index (χ0v) is 12.8. The topological polar surface area (TPSA) is 87.3 Å². The zero-order chi connectivity index (χ0) is 15.9. The number of rotatable bonds is 4. The molecule has 22 heavy (non-hydrogen) atoms. The van der Waals surface area contributed by atoms with Crippen LogP contribution in [0.25, 0.3) is 0 Å². The largest absolute Gasteiger partial charge is 0.347 e. The molecule has 0 bridgehead atoms. The summed E-state index contributed by atoms with van der Waals surface area (Å²) in [5, 5.41) is 3.10. The number of halogens is 1. The summed E-state index contributed by atoms with van der Waals surface area (Å²) in [6.45, 7) is -0.157. The second-order valence-corrected chi connectivity index (χ2v) is 5.64. The lowest BCUT2D eigenvalue weighted by Crippen LogP contribution is -2.47. The van der Waals surface area contributed by atoms with Crippen LogP contribution in [0.3, 0.4) is 0 Å². The van der Waals surface area contributed by atoms with Crippen molar-refractivity contribution in [1.29, 1.82) is 0 Å². The molecule has 1 aromatic rings. The van der Waals surface area contributed by atoms with Gasteiger partial charge >= 0.3 is 0 Å². The van der Waals surface area contributed by atoms with Crippen molar-refractivity contribution in [3.05, 3.63) is 34.9 Å². The molecular formula is C15H18ClN3O3. The Morgan fingerprint density at radius 3 is 2.32 bits per heavy atom. The van der Waals surface area contributed by atoms with Gasteiger partial charge in [-0.2, -0.15) is 0 Å². The summed E-state index contributed by atoms with van der Waals surface area (Å²) in [5.74, 6) is -1.02. The maximum Gasteiger partial charge on any atom is 0.269 e. The summed E-state index contributed by atoms with van der Waals surface area (Å²) < 4.78 is 0. The molecule has 1 fully saturated rings. The first-order valence-corrected chi connectivity index (χ1v) is 7.56. The molecule has 0 heterocycles. The SMILES string of the molecule is O=C(CNC(=O)C1CCCC1)NNC(=O)c1ccc(Cl)cc1. The molecule has 3 N–H and O–H groups in total. The molecule has 6 nitrogen and oxygen atoms in total. The molecule has 0 unspecified atom stereocenters. The molecule has 2 rings (SSSR count). The molecule has 3 amide bonds. The van der Waals surface area contributed by atoms with E-state index in [1.54, 1.807) is 24.3 Å². The molecule has 118 valence electrons. The zero-order valence-electron chi connectivity index (χ0n) is 12.0. The Morgan fingerprint density at radius 2 is 1.68 bits per heavy atom. The smallest absolute Gasteiger partial charge is 0.269 e. The number of carbonyl (C=O) groups excluding carboxylic acids is 3. The summed E-state index contributed by atoms with van der Waals surface area (Å²) in [6.07, 6.45) is 3.87. The van der Waals surface area contributed by atoms with E-state index in [0.717, 1.165) is 25.7 Å². The van der Waals surface area contributed by atoms with Crippen LogP contribution in [-0.2, 0) is 9.59 Å². The Morgan fingerprint density at radius 1 is 1.05 bits per heavy atom. The molecule has 1 aliphatic carbocycles. The quantitative estimate of drug-likeness (QED) is 0.732. The van der Waals surface area contributed by atoms with E-state index in [1.807, 2.05) is 0 Å². The third kappa shape index (κ3) is 4.73. The predicted octanol–water partition coefficient (Wildman–Crippen LogP) is 1.41. The summed E-state index contributed by atoms with van der Waals surface area (Å²) in [5.41, 5.74) is 4.91. The number of hydrazine groups is 1. The van der Waals surface area contributed by atoms with Gasteiger partial charge in [-0.05, 0) is 37.1 Å². The average Bonchev–Trinajstić information content (AvgIpc) is 3.05. The molecule has 1 aromatic carbocycles. The summed E-state index contributed by atoms with van der Waals surface area (Å²) in [6, 6.07) is 6.26. The van der Waals surface area contributed by atoms with Crippen molar-refractivity contribution >= 4 is 29.3 Å². The summed E-state index contributed by atoms with van der Waals surface area (Å²) in [7, 11) is 0. The van der Waals surface area contributed by atoms with Gasteiger partial charge in [0.15, 0.2) is 0 Å². The van der Waals surface area contributed by atoms with E-state index in [9.17, 15) is 14.4 Å². The molecule has 7 heteroatoms. The Balaban J connectivity index is 1.69. The fourth-order valence-electron chi connectivity index (χ4n) is 2.34. The van der Waals surface area contributed by atoms with Crippen LogP contribution < -0.4 is 16.2 Å². The van der Waals surface area contributed by atoms with E-state index < -0.39 is 11.8 Å². The lowest BCUT2D eigenvalue weighted by atomic mass is 10.1. The van der Waals surface area contributed by atoms with Gasteiger partial charge in [-0.25, -0.2) is 0 Å². The number of carbonyl (C=O) groups is 3. The summed E-state index contributed by atoms with van der Waals surface area (Å²) in [4.78, 5) is 35.1. The fraction of sp³-hybridized carbons (Fsp3) is 0.400. The van der Waals surface area contributed by atoms with Crippen molar-refractivity contribution in [2.75, 3.05) is 6.54 Å². The van der Waals surface area contributed by atoms with Crippen LogP contribution in [0.15, 0.2) is 24.3 Å². The highest BCUT2D eigenvalue weighted by molar-refractivity contribution is 6.30. The van der Waals surface area contributed by atoms with Crippen LogP contribution in [0.2, 0.25) is 5.02 Å². The highest BCUT2D eigenvalue weighted by Crippen LogP contribution is 2.24. The Hall–Kier alpha value is -2.08. The Labute approximate surface area is 133 Å². The Bertz CT molecular complexity index is 554. The van der Waals surface area contributed by atoms with Crippen molar-refractivity contribution in [2.45, 2.75) is 25.7 Å². The standard InChI is InChI=1S/C15H18ClN3O3/c16-12-7-5-11(6-8-12)15(22)19-18-13(20)9-17-14(21)10-3-1-2-4-10/h5-8,10H,1-4,9H2,(H,17,21)(H,18,20)(H,19,22). The Kier molecular flexibility index (Phi) is 5.77. The van der Waals surface area contributed by atoms with Crippen LogP contribution >= 0.6 is 11.6 Å². The molecule has 0 spiro atoms. The minimum absolute atomic E-state index is 0.0106. The van der Waals surface area contributed by atoms with Gasteiger partial charge in [0.2, 0.25) is 5.91 Å². The number of benzene rings is 1. The van der Waals surface area contributed by atoms with Gasteiger partial charge in [0, 0.05) is 16.5 Å². The van der Waals surface area contributed by atoms with E-state index in [2.05, 4.69) is 16.2 Å². The van der Waals surface area contributed by atoms with Crippen molar-refractivity contribution in [1.82, 2.24) is 16.2 Å². The van der Waals surface area contributed by atoms with E-state index in [1.165, 1.54) is 0 Å². The van der Waals surface area contributed by atoms with Crippen molar-refractivity contribution in [3.8, 4) is 0 Å². The number of hydrogen-bond donors (Lipinski definition) is 3. The van der Waals surface area contributed by atoms with Crippen LogP contribution in [0, 0.1) is 5.92 Å². The van der Waals surface area contributed by atoms with Gasteiger partial charge in [0.25, 0.3) is 11.8 Å². The molecule has 1 saturated carbocycles. The van der Waals surface area contributed by atoms with Gasteiger partial charge in [0.1, 0.15) is 0 Å².